The molecule has 220 valence electrons. The molecule has 3 rings (SSSR count). The molecule has 0 aliphatic heterocycles. The molecule has 0 spiro atoms. The van der Waals surface area contributed by atoms with Crippen LogP contribution in [-0.4, -0.2) is 54.2 Å². The molecule has 4 N–H and O–H groups in total. The predicted molar refractivity (Wildman–Crippen MR) is 154 cm³/mol. The number of carbonyl (C=O) groups excluding carboxylic acids is 3. The molecule has 12 heteroatoms. The van der Waals surface area contributed by atoms with Crippen molar-refractivity contribution in [3.05, 3.63) is 83.9 Å². The quantitative estimate of drug-likeness (QED) is 0.0837. The molecule has 0 fully saturated rings. The first kappa shape index (κ1) is 35.4. The van der Waals surface area contributed by atoms with E-state index in [1.54, 1.807) is 35.8 Å². The van der Waals surface area contributed by atoms with Crippen LogP contribution in [0.1, 0.15) is 31.4 Å². The van der Waals surface area contributed by atoms with E-state index in [2.05, 4.69) is 10.6 Å². The number of hydrogen-bond acceptors (Lipinski definition) is 7. The fourth-order valence-electron chi connectivity index (χ4n) is 4.84. The summed E-state index contributed by atoms with van der Waals surface area (Å²) in [4.78, 5) is 39.8. The van der Waals surface area contributed by atoms with Crippen molar-refractivity contribution < 1.29 is 62.1 Å². The molecule has 3 atom stereocenters. The number of fused-ring (bicyclic) bond motifs is 1. The molecule has 3 amide bonds. The van der Waals surface area contributed by atoms with Crippen molar-refractivity contribution in [1.82, 2.24) is 16.1 Å². The number of amides is 3. The molecule has 0 radical (unpaired) electrons. The van der Waals surface area contributed by atoms with Gasteiger partial charge in [0.2, 0.25) is 17.7 Å². The van der Waals surface area contributed by atoms with E-state index in [0.29, 0.717) is 6.42 Å². The first-order chi connectivity index (χ1) is 19.5. The Kier molecular flexibility index (Phi) is 14.1. The Balaban J connectivity index is 0.00000616. The second-order valence-electron chi connectivity index (χ2n) is 10.5. The van der Waals surface area contributed by atoms with Gasteiger partial charge in [-0.05, 0) is 40.7 Å². The third kappa shape index (κ3) is 11.1. The Labute approximate surface area is 268 Å². The van der Waals surface area contributed by atoms with Gasteiger partial charge in [0.1, 0.15) is 6.04 Å². The van der Waals surface area contributed by atoms with Gasteiger partial charge in [-0.2, -0.15) is 0 Å². The van der Waals surface area contributed by atoms with Crippen LogP contribution in [0.3, 0.4) is 0 Å². The summed E-state index contributed by atoms with van der Waals surface area (Å²) in [5.74, 6) is -4.57. The number of hydroxylamine groups is 1. The molecule has 0 saturated carbocycles. The Bertz CT molecular complexity index is 1450. The molecule has 10 nitrogen and oxygen atoms in total. The van der Waals surface area contributed by atoms with Gasteiger partial charge in [-0.15, -0.1) is 0 Å². The van der Waals surface area contributed by atoms with Crippen molar-refractivity contribution in [1.29, 1.82) is 0 Å². The first-order valence-electron chi connectivity index (χ1n) is 13.4. The summed E-state index contributed by atoms with van der Waals surface area (Å²) in [6.07, 6.45) is 0.559. The zero-order valence-electron chi connectivity index (χ0n) is 24.1. The second-order valence-corrected chi connectivity index (χ2v) is 12.0. The van der Waals surface area contributed by atoms with Crippen molar-refractivity contribution in [3.8, 4) is 0 Å². The molecular weight excluding hydrogens is 569 g/mol. The van der Waals surface area contributed by atoms with Crippen molar-refractivity contribution in [3.63, 3.8) is 0 Å². The van der Waals surface area contributed by atoms with Gasteiger partial charge in [0.05, 0.1) is 27.7 Å². The normalized spacial score (nSPS) is 13.5. The minimum atomic E-state index is -4.54. The summed E-state index contributed by atoms with van der Waals surface area (Å²) in [6.45, 7) is 3.40. The van der Waals surface area contributed by atoms with Gasteiger partial charge in [0, 0.05) is 13.0 Å². The summed E-state index contributed by atoms with van der Waals surface area (Å²) in [7, 11) is -4.54. The van der Waals surface area contributed by atoms with E-state index in [1.807, 2.05) is 56.3 Å². The molecular formula is C30H36N3NaO7S. The maximum Gasteiger partial charge on any atom is 1.00 e. The summed E-state index contributed by atoms with van der Waals surface area (Å²) < 4.78 is 33.0. The van der Waals surface area contributed by atoms with Crippen molar-refractivity contribution >= 4 is 38.6 Å². The van der Waals surface area contributed by atoms with Crippen LogP contribution in [0.5, 0.6) is 0 Å². The Morgan fingerprint density at radius 3 is 2.07 bits per heavy atom. The van der Waals surface area contributed by atoms with E-state index in [1.165, 1.54) is 0 Å². The van der Waals surface area contributed by atoms with Gasteiger partial charge in [-0.3, -0.25) is 19.6 Å². The summed E-state index contributed by atoms with van der Waals surface area (Å²) in [6, 6.07) is 21.3. The van der Waals surface area contributed by atoms with Crippen LogP contribution in [0.2, 0.25) is 0 Å². The topological polar surface area (TPSA) is 165 Å². The number of nitrogens with one attached hydrogen (secondary N) is 3. The van der Waals surface area contributed by atoms with E-state index >= 15 is 0 Å². The summed E-state index contributed by atoms with van der Waals surface area (Å²) in [5, 5.41) is 16.7. The van der Waals surface area contributed by atoms with Crippen LogP contribution >= 0.6 is 0 Å². The Morgan fingerprint density at radius 2 is 1.45 bits per heavy atom. The van der Waals surface area contributed by atoms with Gasteiger partial charge in [-0.1, -0.05) is 86.6 Å². The average Bonchev–Trinajstić information content (AvgIpc) is 2.93. The van der Waals surface area contributed by atoms with Crippen LogP contribution in [0.15, 0.2) is 72.8 Å². The van der Waals surface area contributed by atoms with Crippen molar-refractivity contribution in [2.45, 2.75) is 39.2 Å². The van der Waals surface area contributed by atoms with Crippen molar-refractivity contribution in [2.75, 3.05) is 12.3 Å². The average molecular weight is 606 g/mol. The predicted octanol–water partition coefficient (Wildman–Crippen LogP) is -0.441. The molecule has 0 aliphatic rings. The maximum atomic E-state index is 13.8. The number of benzene rings is 3. The summed E-state index contributed by atoms with van der Waals surface area (Å²) >= 11 is 0. The molecule has 0 bridgehead atoms. The van der Waals surface area contributed by atoms with Crippen molar-refractivity contribution in [2.24, 2.45) is 17.8 Å². The fraction of sp³-hybridized carbons (Fsp3) is 0.367. The van der Waals surface area contributed by atoms with Crippen LogP contribution in [0.4, 0.5) is 0 Å². The van der Waals surface area contributed by atoms with E-state index in [0.717, 1.165) is 21.9 Å². The summed E-state index contributed by atoms with van der Waals surface area (Å²) in [5.41, 5.74) is 3.25. The third-order valence-electron chi connectivity index (χ3n) is 6.83. The number of rotatable bonds is 14. The van der Waals surface area contributed by atoms with Crippen LogP contribution in [0.25, 0.3) is 10.8 Å². The van der Waals surface area contributed by atoms with Gasteiger partial charge in [-0.25, -0.2) is 13.9 Å². The number of carbonyl (C=O) groups is 3. The first-order valence-corrected chi connectivity index (χ1v) is 15.0. The largest absolute Gasteiger partial charge is 1.00 e. The molecule has 3 unspecified atom stereocenters. The number of hydrogen-bond donors (Lipinski definition) is 4. The van der Waals surface area contributed by atoms with Crippen LogP contribution in [-0.2, 0) is 37.3 Å². The van der Waals surface area contributed by atoms with Gasteiger partial charge < -0.3 is 15.2 Å². The van der Waals surface area contributed by atoms with E-state index in [9.17, 15) is 32.6 Å². The third-order valence-corrected chi connectivity index (χ3v) is 7.54. The maximum absolute atomic E-state index is 13.8. The SMILES string of the molecule is CC(C)CC(C(=O)NC(Cc1ccccc1)C(=O)NCCS(=O)(=O)[O-])C(Cc1ccc2ccccc2c1)C(=O)NO.[Na+]. The molecule has 3 aromatic rings. The van der Waals surface area contributed by atoms with Gasteiger partial charge >= 0.3 is 29.6 Å². The minimum absolute atomic E-state index is 0. The minimum Gasteiger partial charge on any atom is -0.748 e. The Morgan fingerprint density at radius 1 is 0.810 bits per heavy atom. The molecule has 0 saturated heterocycles. The zero-order valence-corrected chi connectivity index (χ0v) is 26.9. The van der Waals surface area contributed by atoms with E-state index < -0.39 is 58.0 Å². The van der Waals surface area contributed by atoms with Gasteiger partial charge in [0.25, 0.3) is 0 Å². The molecule has 0 heterocycles. The van der Waals surface area contributed by atoms with E-state index in [4.69, 9.17) is 0 Å². The Hall–Kier alpha value is -2.80. The zero-order chi connectivity index (χ0) is 30.0. The fourth-order valence-corrected chi connectivity index (χ4v) is 5.19. The van der Waals surface area contributed by atoms with Crippen LogP contribution in [0, 0.1) is 17.8 Å². The van der Waals surface area contributed by atoms with Gasteiger partial charge in [0.15, 0.2) is 0 Å². The van der Waals surface area contributed by atoms with Crippen LogP contribution < -0.4 is 45.7 Å². The second kappa shape index (κ2) is 16.7. The molecule has 42 heavy (non-hydrogen) atoms. The standard InChI is InChI=1S/C30H37N3O7S.Na/c1-20(2)16-25(26(29(35)33-37)18-22-12-13-23-10-6-7-11-24(23)17-22)28(34)32-27(19-21-8-4-3-5-9-21)30(36)31-14-15-41(38,39)40;/h3-13,17,20,25-27,37H,14-16,18-19H2,1-2H3,(H,31,36)(H,32,34)(H,33,35)(H,38,39,40);/q;+1/p-1. The monoisotopic (exact) mass is 605 g/mol. The molecule has 0 aliphatic carbocycles. The smallest absolute Gasteiger partial charge is 0.748 e. The molecule has 0 aromatic heterocycles. The van der Waals surface area contributed by atoms with E-state index in [-0.39, 0.29) is 48.3 Å². The molecule has 3 aromatic carbocycles.